The van der Waals surface area contributed by atoms with Gasteiger partial charge in [0.05, 0.1) is 18.8 Å². The lowest BCUT2D eigenvalue weighted by molar-refractivity contribution is -0.118. The summed E-state index contributed by atoms with van der Waals surface area (Å²) < 4.78 is 11.9. The number of guanidine groups is 1. The monoisotopic (exact) mass is 570 g/mol. The number of piperidine rings is 1. The van der Waals surface area contributed by atoms with Crippen molar-refractivity contribution in [1.82, 2.24) is 10.2 Å². The van der Waals surface area contributed by atoms with Gasteiger partial charge in [-0.2, -0.15) is 0 Å². The molecular formula is C25H39IN4O3. The second kappa shape index (κ2) is 13.5. The van der Waals surface area contributed by atoms with Crippen molar-refractivity contribution in [1.29, 1.82) is 0 Å². The summed E-state index contributed by atoms with van der Waals surface area (Å²) in [6.45, 7) is 5.05. The molecule has 0 aliphatic carbocycles. The van der Waals surface area contributed by atoms with Crippen LogP contribution in [0.1, 0.15) is 50.5 Å². The minimum absolute atomic E-state index is 0. The van der Waals surface area contributed by atoms with Gasteiger partial charge in [-0.3, -0.25) is 9.79 Å². The maximum absolute atomic E-state index is 12.7. The number of para-hydroxylation sites is 1. The molecule has 0 saturated carbocycles. The Kier molecular flexibility index (Phi) is 10.7. The Morgan fingerprint density at radius 1 is 1.18 bits per heavy atom. The van der Waals surface area contributed by atoms with E-state index in [-0.39, 0.29) is 36.0 Å². The number of carbonyl (C=O) groups excluding carboxylic acids is 1. The summed E-state index contributed by atoms with van der Waals surface area (Å²) in [5.41, 5.74) is 2.36. The molecule has 8 heteroatoms. The van der Waals surface area contributed by atoms with Gasteiger partial charge in [-0.25, -0.2) is 0 Å². The predicted molar refractivity (Wildman–Crippen MR) is 143 cm³/mol. The zero-order valence-electron chi connectivity index (χ0n) is 19.8. The third kappa shape index (κ3) is 7.29. The molecule has 3 aliphatic rings. The van der Waals surface area contributed by atoms with Gasteiger partial charge in [0, 0.05) is 51.9 Å². The molecule has 1 aromatic carbocycles. The number of ether oxygens (including phenoxy) is 2. The van der Waals surface area contributed by atoms with Crippen LogP contribution in [0.4, 0.5) is 5.69 Å². The van der Waals surface area contributed by atoms with Crippen LogP contribution in [0.5, 0.6) is 0 Å². The van der Waals surface area contributed by atoms with E-state index in [2.05, 4.69) is 27.3 Å². The minimum Gasteiger partial charge on any atom is -0.376 e. The van der Waals surface area contributed by atoms with Gasteiger partial charge in [0.15, 0.2) is 5.96 Å². The summed E-state index contributed by atoms with van der Waals surface area (Å²) in [7, 11) is 1.83. The van der Waals surface area contributed by atoms with Gasteiger partial charge >= 0.3 is 0 Å². The zero-order valence-corrected chi connectivity index (χ0v) is 22.2. The van der Waals surface area contributed by atoms with E-state index in [1.807, 2.05) is 24.1 Å². The standard InChI is InChI=1S/C25H38N4O3.HI/c1-26-25(28-15-12-21(13-16-28)32-19-22-8-4-5-18-31-22)27-14-6-10-24(30)29-17-11-20-7-2-3-9-23(20)29;/h2-3,7,9,21-22H,4-6,8,10-19H2,1H3,(H,26,27);1H. The van der Waals surface area contributed by atoms with E-state index in [1.165, 1.54) is 18.4 Å². The Hall–Kier alpha value is -1.39. The molecule has 1 aromatic rings. The Bertz CT molecular complexity index is 777. The molecule has 1 amide bonds. The van der Waals surface area contributed by atoms with Crippen LogP contribution < -0.4 is 10.2 Å². The molecule has 2 saturated heterocycles. The number of amides is 1. The number of nitrogens with zero attached hydrogens (tertiary/aromatic N) is 3. The van der Waals surface area contributed by atoms with Crippen molar-refractivity contribution in [3.05, 3.63) is 29.8 Å². The maximum Gasteiger partial charge on any atom is 0.227 e. The highest BCUT2D eigenvalue weighted by Crippen LogP contribution is 2.28. The summed E-state index contributed by atoms with van der Waals surface area (Å²) in [6, 6.07) is 8.22. The van der Waals surface area contributed by atoms with Crippen molar-refractivity contribution in [2.45, 2.75) is 63.6 Å². The largest absolute Gasteiger partial charge is 0.376 e. The van der Waals surface area contributed by atoms with E-state index >= 15 is 0 Å². The van der Waals surface area contributed by atoms with E-state index in [0.29, 0.717) is 12.5 Å². The van der Waals surface area contributed by atoms with Crippen LogP contribution in [0.3, 0.4) is 0 Å². The second-order valence-corrected chi connectivity index (χ2v) is 9.01. The molecule has 184 valence electrons. The van der Waals surface area contributed by atoms with Crippen molar-refractivity contribution in [2.75, 3.05) is 51.3 Å². The number of hydrogen-bond acceptors (Lipinski definition) is 4. The number of hydrogen-bond donors (Lipinski definition) is 1. The molecule has 1 unspecified atom stereocenters. The third-order valence-electron chi connectivity index (χ3n) is 6.78. The van der Waals surface area contributed by atoms with Gasteiger partial charge in [0.2, 0.25) is 5.91 Å². The quantitative estimate of drug-likeness (QED) is 0.235. The fraction of sp³-hybridized carbons (Fsp3) is 0.680. The third-order valence-corrected chi connectivity index (χ3v) is 6.78. The van der Waals surface area contributed by atoms with Gasteiger partial charge in [0.1, 0.15) is 0 Å². The van der Waals surface area contributed by atoms with Crippen molar-refractivity contribution >= 4 is 41.5 Å². The van der Waals surface area contributed by atoms with Crippen LogP contribution in [0.2, 0.25) is 0 Å². The molecule has 3 heterocycles. The van der Waals surface area contributed by atoms with Crippen molar-refractivity contribution in [3.63, 3.8) is 0 Å². The number of rotatable bonds is 7. The lowest BCUT2D eigenvalue weighted by Crippen LogP contribution is -2.47. The van der Waals surface area contributed by atoms with Crippen LogP contribution in [0.15, 0.2) is 29.3 Å². The van der Waals surface area contributed by atoms with E-state index in [9.17, 15) is 4.79 Å². The van der Waals surface area contributed by atoms with E-state index < -0.39 is 0 Å². The summed E-state index contributed by atoms with van der Waals surface area (Å²) in [5.74, 6) is 1.14. The molecule has 0 spiro atoms. The van der Waals surface area contributed by atoms with Crippen LogP contribution in [0.25, 0.3) is 0 Å². The highest BCUT2D eigenvalue weighted by Gasteiger charge is 2.25. The summed E-state index contributed by atoms with van der Waals surface area (Å²) in [5, 5.41) is 3.45. The first-order valence-corrected chi connectivity index (χ1v) is 12.3. The van der Waals surface area contributed by atoms with E-state index in [1.54, 1.807) is 0 Å². The Labute approximate surface area is 215 Å². The molecule has 33 heavy (non-hydrogen) atoms. The SMILES string of the molecule is CN=C(NCCCC(=O)N1CCc2ccccc21)N1CCC(OCC2CCCCO2)CC1.I. The lowest BCUT2D eigenvalue weighted by Gasteiger charge is -2.35. The molecule has 0 aromatic heterocycles. The Morgan fingerprint density at radius 2 is 2.00 bits per heavy atom. The van der Waals surface area contributed by atoms with E-state index in [4.69, 9.17) is 9.47 Å². The van der Waals surface area contributed by atoms with Crippen LogP contribution in [0, 0.1) is 0 Å². The number of benzene rings is 1. The summed E-state index contributed by atoms with van der Waals surface area (Å²) in [4.78, 5) is 21.4. The van der Waals surface area contributed by atoms with Gasteiger partial charge < -0.3 is 24.6 Å². The number of anilines is 1. The van der Waals surface area contributed by atoms with Crippen molar-refractivity contribution in [2.24, 2.45) is 4.99 Å². The average Bonchev–Trinajstić information content (AvgIpc) is 3.28. The average molecular weight is 571 g/mol. The number of likely N-dealkylation sites (tertiary alicyclic amines) is 1. The Balaban J connectivity index is 0.00000306. The van der Waals surface area contributed by atoms with Crippen LogP contribution >= 0.6 is 24.0 Å². The van der Waals surface area contributed by atoms with Gasteiger partial charge in [-0.05, 0) is 56.6 Å². The molecule has 3 aliphatic heterocycles. The van der Waals surface area contributed by atoms with Crippen LogP contribution in [-0.4, -0.2) is 75.4 Å². The fourth-order valence-corrected chi connectivity index (χ4v) is 4.92. The smallest absolute Gasteiger partial charge is 0.227 e. The molecule has 7 nitrogen and oxygen atoms in total. The highest BCUT2D eigenvalue weighted by molar-refractivity contribution is 14.0. The highest BCUT2D eigenvalue weighted by atomic mass is 127. The second-order valence-electron chi connectivity index (χ2n) is 9.01. The molecule has 1 N–H and O–H groups in total. The van der Waals surface area contributed by atoms with Gasteiger partial charge in [0.25, 0.3) is 0 Å². The first kappa shape index (κ1) is 26.2. The number of halogens is 1. The first-order chi connectivity index (χ1) is 15.7. The molecule has 1 atom stereocenters. The number of fused-ring (bicyclic) bond motifs is 1. The zero-order chi connectivity index (χ0) is 22.2. The first-order valence-electron chi connectivity index (χ1n) is 12.3. The maximum atomic E-state index is 12.7. The fourth-order valence-electron chi connectivity index (χ4n) is 4.92. The van der Waals surface area contributed by atoms with Gasteiger partial charge in [-0.1, -0.05) is 18.2 Å². The lowest BCUT2D eigenvalue weighted by atomic mass is 10.1. The molecule has 0 bridgehead atoms. The normalized spacial score (nSPS) is 21.5. The van der Waals surface area contributed by atoms with Crippen molar-refractivity contribution < 1.29 is 14.3 Å². The van der Waals surface area contributed by atoms with Crippen LogP contribution in [-0.2, 0) is 20.7 Å². The molecular weight excluding hydrogens is 531 g/mol. The molecule has 2 fully saturated rings. The number of aliphatic imine (C=N–C) groups is 1. The Morgan fingerprint density at radius 3 is 2.76 bits per heavy atom. The van der Waals surface area contributed by atoms with Gasteiger partial charge in [-0.15, -0.1) is 24.0 Å². The summed E-state index contributed by atoms with van der Waals surface area (Å²) >= 11 is 0. The predicted octanol–water partition coefficient (Wildman–Crippen LogP) is 3.60. The van der Waals surface area contributed by atoms with E-state index in [0.717, 1.165) is 83.1 Å². The molecule has 0 radical (unpaired) electrons. The molecule has 4 rings (SSSR count). The van der Waals surface area contributed by atoms with Crippen molar-refractivity contribution in [3.8, 4) is 0 Å². The summed E-state index contributed by atoms with van der Waals surface area (Å²) in [6.07, 6.45) is 8.51. The number of carbonyl (C=O) groups is 1. The minimum atomic E-state index is 0. The topological polar surface area (TPSA) is 66.4 Å². The number of nitrogens with one attached hydrogen (secondary N) is 1.